The van der Waals surface area contributed by atoms with Gasteiger partial charge in [0.2, 0.25) is 0 Å². The van der Waals surface area contributed by atoms with Gasteiger partial charge in [-0.2, -0.15) is 0 Å². The van der Waals surface area contributed by atoms with E-state index in [1.165, 1.54) is 6.33 Å². The van der Waals surface area contributed by atoms with E-state index in [0.717, 1.165) is 16.8 Å². The van der Waals surface area contributed by atoms with Crippen LogP contribution in [0.1, 0.15) is 20.3 Å². The van der Waals surface area contributed by atoms with Crippen molar-refractivity contribution in [2.24, 2.45) is 0 Å². The van der Waals surface area contributed by atoms with E-state index >= 15 is 0 Å². The van der Waals surface area contributed by atoms with Gasteiger partial charge < -0.3 is 24.1 Å². The molecule has 3 N–H and O–H groups in total. The van der Waals surface area contributed by atoms with Crippen molar-refractivity contribution in [3.63, 3.8) is 0 Å². The van der Waals surface area contributed by atoms with Crippen molar-refractivity contribution < 1.29 is 23.6 Å². The molecule has 0 aliphatic heterocycles. The van der Waals surface area contributed by atoms with Gasteiger partial charge in [0.25, 0.3) is 5.56 Å². The normalized spacial score (nSPS) is 12.2. The number of nitrogens with zero attached hydrogens (tertiary/aromatic N) is 2. The van der Waals surface area contributed by atoms with E-state index in [9.17, 15) is 9.36 Å². The zero-order chi connectivity index (χ0) is 23.6. The molecular formula is C23H24N3O6P. The largest absolute Gasteiger partial charge is 0.493 e. The third-order valence-electron chi connectivity index (χ3n) is 5.13. The Balaban J connectivity index is 1.57. The Labute approximate surface area is 189 Å². The van der Waals surface area contributed by atoms with E-state index in [4.69, 9.17) is 19.0 Å². The maximum Gasteiger partial charge on any atom is 0.470 e. The van der Waals surface area contributed by atoms with Gasteiger partial charge in [-0.15, -0.1) is 0 Å². The first kappa shape index (κ1) is 22.9. The van der Waals surface area contributed by atoms with E-state index in [-0.39, 0.29) is 18.6 Å². The second-order valence-corrected chi connectivity index (χ2v) is 9.31. The smallest absolute Gasteiger partial charge is 0.470 e. The maximum atomic E-state index is 12.6. The summed E-state index contributed by atoms with van der Waals surface area (Å²) in [7, 11) is -4.58. The Bertz CT molecular complexity index is 1360. The summed E-state index contributed by atoms with van der Waals surface area (Å²) in [6.07, 6.45) is 3.56. The minimum absolute atomic E-state index is 0.212. The van der Waals surface area contributed by atoms with E-state index in [1.54, 1.807) is 26.0 Å². The molecule has 4 aromatic rings. The molecule has 33 heavy (non-hydrogen) atoms. The molecule has 2 aromatic heterocycles. The van der Waals surface area contributed by atoms with Crippen molar-refractivity contribution in [2.75, 3.05) is 6.61 Å². The van der Waals surface area contributed by atoms with Gasteiger partial charge in [0.05, 0.1) is 23.9 Å². The quantitative estimate of drug-likeness (QED) is 0.333. The van der Waals surface area contributed by atoms with Crippen LogP contribution >= 0.6 is 7.82 Å². The fourth-order valence-electron chi connectivity index (χ4n) is 3.59. The fraction of sp³-hybridized carbons (Fsp3) is 0.217. The zero-order valence-corrected chi connectivity index (χ0v) is 19.0. The van der Waals surface area contributed by atoms with Crippen LogP contribution in [0.15, 0.2) is 71.9 Å². The van der Waals surface area contributed by atoms with Crippen molar-refractivity contribution in [1.82, 2.24) is 14.5 Å². The van der Waals surface area contributed by atoms with Crippen molar-refractivity contribution in [3.05, 3.63) is 77.5 Å². The molecule has 2 aromatic carbocycles. The molecule has 2 heterocycles. The first-order valence-corrected chi connectivity index (χ1v) is 11.8. The highest BCUT2D eigenvalue weighted by Gasteiger charge is 2.28. The number of phosphoric acid groups is 1. The maximum absolute atomic E-state index is 12.6. The summed E-state index contributed by atoms with van der Waals surface area (Å²) >= 11 is 0. The van der Waals surface area contributed by atoms with E-state index < -0.39 is 13.4 Å². The number of aromatic amines is 1. The number of ether oxygens (including phenoxy) is 1. The zero-order valence-electron chi connectivity index (χ0n) is 18.1. The predicted molar refractivity (Wildman–Crippen MR) is 124 cm³/mol. The van der Waals surface area contributed by atoms with Crippen LogP contribution in [-0.2, 0) is 9.09 Å². The van der Waals surface area contributed by atoms with Gasteiger partial charge in [-0.05, 0) is 43.7 Å². The number of rotatable bonds is 8. The summed E-state index contributed by atoms with van der Waals surface area (Å²) in [5.41, 5.74) is 1.76. The lowest BCUT2D eigenvalue weighted by Gasteiger charge is -2.25. The monoisotopic (exact) mass is 469 g/mol. The van der Waals surface area contributed by atoms with Crippen LogP contribution in [0.25, 0.3) is 27.8 Å². The Hall–Kier alpha value is -3.23. The Morgan fingerprint density at radius 1 is 1.09 bits per heavy atom. The number of fused-ring (bicyclic) bond motifs is 1. The van der Waals surface area contributed by atoms with E-state index in [0.29, 0.717) is 16.8 Å². The van der Waals surface area contributed by atoms with E-state index in [1.807, 2.05) is 53.2 Å². The molecular weight excluding hydrogens is 445 g/mol. The van der Waals surface area contributed by atoms with Crippen LogP contribution < -0.4 is 10.3 Å². The predicted octanol–water partition coefficient (Wildman–Crippen LogP) is 4.04. The summed E-state index contributed by atoms with van der Waals surface area (Å²) < 4.78 is 23.4. The second-order valence-electron chi connectivity index (χ2n) is 8.14. The molecule has 0 spiro atoms. The molecule has 0 radical (unpaired) electrons. The molecule has 0 aliphatic rings. The lowest BCUT2D eigenvalue weighted by molar-refractivity contribution is 0.0463. The summed E-state index contributed by atoms with van der Waals surface area (Å²) in [5.74, 6) is 0.588. The van der Waals surface area contributed by atoms with Crippen LogP contribution in [0.3, 0.4) is 0 Å². The van der Waals surface area contributed by atoms with Crippen LogP contribution in [-0.4, -0.2) is 36.5 Å². The molecule has 0 saturated heterocycles. The van der Waals surface area contributed by atoms with Gasteiger partial charge in [-0.3, -0.25) is 9.32 Å². The number of benzene rings is 2. The lowest BCUT2D eigenvalue weighted by Crippen LogP contribution is -2.25. The number of hydrogen-bond acceptors (Lipinski definition) is 5. The summed E-state index contributed by atoms with van der Waals surface area (Å²) in [6.45, 7) is 3.39. The first-order valence-electron chi connectivity index (χ1n) is 10.3. The number of aromatic nitrogens is 3. The number of para-hydroxylation sites is 1. The SMILES string of the molecule is CC(C)(CCOc1ccc(-c2cn(-c3ccccc3)c3nc[nH]c(=O)c23)cc1)OP(=O)(O)O. The Morgan fingerprint density at radius 3 is 2.45 bits per heavy atom. The molecule has 0 atom stereocenters. The first-order chi connectivity index (χ1) is 15.6. The number of phosphoric ester groups is 1. The van der Waals surface area contributed by atoms with Crippen LogP contribution in [0.2, 0.25) is 0 Å². The number of hydrogen-bond donors (Lipinski definition) is 3. The van der Waals surface area contributed by atoms with Gasteiger partial charge in [-0.1, -0.05) is 30.3 Å². The highest BCUT2D eigenvalue weighted by atomic mass is 31.2. The molecule has 10 heteroatoms. The highest BCUT2D eigenvalue weighted by Crippen LogP contribution is 2.42. The Morgan fingerprint density at radius 2 is 1.79 bits per heavy atom. The number of H-pyrrole nitrogens is 1. The van der Waals surface area contributed by atoms with E-state index in [2.05, 4.69) is 9.97 Å². The Kier molecular flexibility index (Phi) is 6.23. The van der Waals surface area contributed by atoms with Crippen molar-refractivity contribution >= 4 is 18.9 Å². The third kappa shape index (κ3) is 5.40. The molecule has 172 valence electrons. The summed E-state index contributed by atoms with van der Waals surface area (Å²) in [6, 6.07) is 16.9. The highest BCUT2D eigenvalue weighted by molar-refractivity contribution is 7.46. The molecule has 0 bridgehead atoms. The number of nitrogens with one attached hydrogen (secondary N) is 1. The van der Waals surface area contributed by atoms with Gasteiger partial charge in [0, 0.05) is 23.9 Å². The minimum atomic E-state index is -4.58. The molecule has 0 amide bonds. The molecule has 4 rings (SSSR count). The van der Waals surface area contributed by atoms with Gasteiger partial charge in [0.1, 0.15) is 5.75 Å². The second kappa shape index (κ2) is 8.96. The van der Waals surface area contributed by atoms with Gasteiger partial charge in [0.15, 0.2) is 5.65 Å². The standard InChI is InChI=1S/C23H24N3O6P/c1-23(2,32-33(28,29)30)12-13-31-18-10-8-16(9-11-18)19-14-26(17-6-4-3-5-7-17)21-20(19)22(27)25-15-24-21/h3-11,14-15H,12-13H2,1-2H3,(H,24,25,27)(H2,28,29,30). The molecule has 9 nitrogen and oxygen atoms in total. The fourth-order valence-corrected chi connectivity index (χ4v) is 4.32. The van der Waals surface area contributed by atoms with Gasteiger partial charge in [-0.25, -0.2) is 9.55 Å². The summed E-state index contributed by atoms with van der Waals surface area (Å²) in [4.78, 5) is 37.6. The van der Waals surface area contributed by atoms with Crippen LogP contribution in [0.5, 0.6) is 5.75 Å². The van der Waals surface area contributed by atoms with Crippen LogP contribution in [0, 0.1) is 0 Å². The lowest BCUT2D eigenvalue weighted by atomic mass is 10.1. The average molecular weight is 469 g/mol. The topological polar surface area (TPSA) is 127 Å². The molecule has 0 fully saturated rings. The van der Waals surface area contributed by atoms with Crippen molar-refractivity contribution in [2.45, 2.75) is 25.9 Å². The third-order valence-corrected chi connectivity index (χ3v) is 5.86. The molecule has 0 saturated carbocycles. The van der Waals surface area contributed by atoms with Crippen molar-refractivity contribution in [1.29, 1.82) is 0 Å². The average Bonchev–Trinajstić information content (AvgIpc) is 3.14. The van der Waals surface area contributed by atoms with Crippen LogP contribution in [0.4, 0.5) is 0 Å². The van der Waals surface area contributed by atoms with Crippen molar-refractivity contribution in [3.8, 4) is 22.6 Å². The van der Waals surface area contributed by atoms with Gasteiger partial charge >= 0.3 is 7.82 Å². The molecule has 0 unspecified atom stereocenters. The molecule has 0 aliphatic carbocycles. The minimum Gasteiger partial charge on any atom is -0.493 e. The summed E-state index contributed by atoms with van der Waals surface area (Å²) in [5, 5.41) is 0.492.